The number of benzene rings is 1. The molecule has 8 heteroatoms. The maximum atomic E-state index is 11.6. The topological polar surface area (TPSA) is 119 Å². The first-order valence-corrected chi connectivity index (χ1v) is 8.89. The van der Waals surface area contributed by atoms with E-state index < -0.39 is 5.69 Å². The number of methoxy groups -OCH3 is 1. The van der Waals surface area contributed by atoms with Gasteiger partial charge in [0.1, 0.15) is 5.75 Å². The fraction of sp³-hybridized carbons (Fsp3) is 0.368. The molecule has 0 atom stereocenters. The molecule has 0 saturated heterocycles. The molecule has 27 heavy (non-hydrogen) atoms. The second-order valence-electron chi connectivity index (χ2n) is 6.21. The van der Waals surface area contributed by atoms with Crippen LogP contribution in [0.3, 0.4) is 0 Å². The van der Waals surface area contributed by atoms with E-state index in [2.05, 4.69) is 4.98 Å². The quantitative estimate of drug-likeness (QED) is 0.324. The molecule has 0 aliphatic rings. The number of aryl methyl sites for hydroxylation is 1. The van der Waals surface area contributed by atoms with Crippen LogP contribution < -0.4 is 27.6 Å². The zero-order chi connectivity index (χ0) is 19.6. The summed E-state index contributed by atoms with van der Waals surface area (Å²) in [5, 5.41) is 1.66. The molecule has 0 bridgehead atoms. The number of hydrogen-bond acceptors (Lipinski definition) is 6. The number of ether oxygens (including phenoxy) is 1. The average molecular weight is 373 g/mol. The molecule has 0 aliphatic heterocycles. The van der Waals surface area contributed by atoms with E-state index in [1.807, 2.05) is 24.3 Å². The predicted octanol–water partition coefficient (Wildman–Crippen LogP) is 0.934. The van der Waals surface area contributed by atoms with E-state index in [0.29, 0.717) is 19.5 Å². The van der Waals surface area contributed by atoms with Gasteiger partial charge in [0.2, 0.25) is 0 Å². The molecule has 1 aromatic carbocycles. The van der Waals surface area contributed by atoms with E-state index in [4.69, 9.17) is 16.3 Å². The Kier molecular flexibility index (Phi) is 7.69. The minimum Gasteiger partial charge on any atom is -0.497 e. The van der Waals surface area contributed by atoms with Gasteiger partial charge in [0, 0.05) is 37.2 Å². The van der Waals surface area contributed by atoms with Gasteiger partial charge < -0.3 is 20.0 Å². The number of hydrogen-bond donors (Lipinski definition) is 3. The molecule has 8 nitrogen and oxygen atoms in total. The van der Waals surface area contributed by atoms with Crippen LogP contribution in [0.15, 0.2) is 58.0 Å². The third kappa shape index (κ3) is 6.34. The Morgan fingerprint density at radius 3 is 2.81 bits per heavy atom. The number of aromatic nitrogens is 2. The first kappa shape index (κ1) is 20.3. The predicted molar refractivity (Wildman–Crippen MR) is 105 cm³/mol. The molecule has 0 amide bonds. The van der Waals surface area contributed by atoms with Crippen molar-refractivity contribution in [2.24, 2.45) is 11.6 Å². The van der Waals surface area contributed by atoms with Crippen LogP contribution in [0, 0.1) is 0 Å². The second-order valence-corrected chi connectivity index (χ2v) is 6.21. The highest BCUT2D eigenvalue weighted by molar-refractivity contribution is 5.28. The third-order valence-corrected chi connectivity index (χ3v) is 4.32. The summed E-state index contributed by atoms with van der Waals surface area (Å²) >= 11 is 0. The highest BCUT2D eigenvalue weighted by Gasteiger charge is 2.06. The number of H-pyrrole nitrogens is 1. The van der Waals surface area contributed by atoms with Gasteiger partial charge >= 0.3 is 5.69 Å². The molecule has 0 unspecified atom stereocenters. The molecule has 1 heterocycles. The van der Waals surface area contributed by atoms with Gasteiger partial charge in [-0.25, -0.2) is 10.6 Å². The molecule has 0 aliphatic carbocycles. The van der Waals surface area contributed by atoms with E-state index in [1.165, 1.54) is 23.0 Å². The molecule has 0 spiro atoms. The molecular formula is C19H27N5O3. The molecule has 0 saturated carbocycles. The van der Waals surface area contributed by atoms with E-state index in [9.17, 15) is 9.59 Å². The summed E-state index contributed by atoms with van der Waals surface area (Å²) < 4.78 is 6.71. The normalized spacial score (nSPS) is 11.4. The largest absolute Gasteiger partial charge is 0.497 e. The molecule has 0 radical (unpaired) electrons. The SMILES string of the molecule is COc1cccc(CCN(N)/C(=C\N)CCCCn2ccc(=O)[nH]c2=O)c1. The number of rotatable bonds is 10. The Bertz CT molecular complexity index is 872. The Hall–Kier alpha value is -3.00. The molecule has 146 valence electrons. The van der Waals surface area contributed by atoms with Gasteiger partial charge in [-0.05, 0) is 43.4 Å². The number of nitrogens with zero attached hydrogens (tertiary/aromatic N) is 2. The summed E-state index contributed by atoms with van der Waals surface area (Å²) in [4.78, 5) is 24.9. The number of hydrazine groups is 1. The van der Waals surface area contributed by atoms with Crippen LogP contribution in [0.2, 0.25) is 0 Å². The van der Waals surface area contributed by atoms with Gasteiger partial charge in [0.15, 0.2) is 0 Å². The van der Waals surface area contributed by atoms with Crippen LogP contribution in [0.1, 0.15) is 24.8 Å². The number of allylic oxidation sites excluding steroid dienone is 1. The molecule has 5 N–H and O–H groups in total. The van der Waals surface area contributed by atoms with Gasteiger partial charge in [0.25, 0.3) is 5.56 Å². The Morgan fingerprint density at radius 2 is 2.11 bits per heavy atom. The zero-order valence-electron chi connectivity index (χ0n) is 15.6. The van der Waals surface area contributed by atoms with E-state index >= 15 is 0 Å². The van der Waals surface area contributed by atoms with Crippen molar-refractivity contribution in [3.63, 3.8) is 0 Å². The van der Waals surface area contributed by atoms with Crippen molar-refractivity contribution in [2.75, 3.05) is 13.7 Å². The average Bonchev–Trinajstić information content (AvgIpc) is 2.67. The minimum absolute atomic E-state index is 0.389. The minimum atomic E-state index is -0.393. The third-order valence-electron chi connectivity index (χ3n) is 4.32. The van der Waals surface area contributed by atoms with Crippen molar-refractivity contribution in [2.45, 2.75) is 32.2 Å². The van der Waals surface area contributed by atoms with Gasteiger partial charge in [-0.2, -0.15) is 0 Å². The maximum absolute atomic E-state index is 11.6. The summed E-state index contributed by atoms with van der Waals surface area (Å²) in [5.41, 5.74) is 6.93. The zero-order valence-corrected chi connectivity index (χ0v) is 15.6. The van der Waals surface area contributed by atoms with Crippen LogP contribution in [0.4, 0.5) is 0 Å². The van der Waals surface area contributed by atoms with Crippen molar-refractivity contribution in [3.8, 4) is 5.75 Å². The van der Waals surface area contributed by atoms with Crippen LogP contribution >= 0.6 is 0 Å². The summed E-state index contributed by atoms with van der Waals surface area (Å²) in [5.74, 6) is 6.96. The van der Waals surface area contributed by atoms with E-state index in [-0.39, 0.29) is 5.56 Å². The lowest BCUT2D eigenvalue weighted by molar-refractivity contribution is 0.343. The summed E-state index contributed by atoms with van der Waals surface area (Å²) in [6.45, 7) is 1.16. The van der Waals surface area contributed by atoms with Crippen molar-refractivity contribution < 1.29 is 4.74 Å². The van der Waals surface area contributed by atoms with E-state index in [1.54, 1.807) is 12.1 Å². The number of unbranched alkanes of at least 4 members (excludes halogenated alkanes) is 1. The van der Waals surface area contributed by atoms with E-state index in [0.717, 1.165) is 36.3 Å². The first-order valence-electron chi connectivity index (χ1n) is 8.89. The lowest BCUT2D eigenvalue weighted by Crippen LogP contribution is -2.33. The second kappa shape index (κ2) is 10.2. The van der Waals surface area contributed by atoms with Crippen molar-refractivity contribution in [1.29, 1.82) is 0 Å². The van der Waals surface area contributed by atoms with Crippen LogP contribution in [-0.2, 0) is 13.0 Å². The van der Waals surface area contributed by atoms with Crippen molar-refractivity contribution in [3.05, 3.63) is 74.8 Å². The number of nitrogens with two attached hydrogens (primary N) is 2. The Morgan fingerprint density at radius 1 is 1.30 bits per heavy atom. The molecular weight excluding hydrogens is 346 g/mol. The van der Waals surface area contributed by atoms with Crippen molar-refractivity contribution >= 4 is 0 Å². The van der Waals surface area contributed by atoms with Crippen LogP contribution in [-0.4, -0.2) is 28.2 Å². The van der Waals surface area contributed by atoms with Gasteiger partial charge in [-0.15, -0.1) is 0 Å². The Labute approximate surface area is 158 Å². The van der Waals surface area contributed by atoms with Gasteiger partial charge in [0.05, 0.1) is 7.11 Å². The fourth-order valence-electron chi connectivity index (χ4n) is 2.75. The lowest BCUT2D eigenvalue weighted by atomic mass is 10.1. The smallest absolute Gasteiger partial charge is 0.328 e. The standard InChI is InChI=1S/C19H27N5O3/c1-27-17-7-4-5-15(13-17)8-12-24(21)16(14-20)6-2-3-10-23-11-9-18(25)22-19(23)26/h4-5,7,9,11,13-14H,2-3,6,8,10,12,20-21H2,1H3,(H,22,25,26)/b16-14-. The highest BCUT2D eigenvalue weighted by Crippen LogP contribution is 2.14. The highest BCUT2D eigenvalue weighted by atomic mass is 16.5. The number of aromatic amines is 1. The lowest BCUT2D eigenvalue weighted by Gasteiger charge is -2.22. The first-order chi connectivity index (χ1) is 13.0. The summed E-state index contributed by atoms with van der Waals surface area (Å²) in [6, 6.07) is 9.22. The molecule has 2 rings (SSSR count). The summed E-state index contributed by atoms with van der Waals surface area (Å²) in [7, 11) is 1.64. The molecule has 2 aromatic rings. The van der Waals surface area contributed by atoms with Crippen LogP contribution in [0.25, 0.3) is 0 Å². The van der Waals surface area contributed by atoms with Crippen LogP contribution in [0.5, 0.6) is 5.75 Å². The maximum Gasteiger partial charge on any atom is 0.328 e. The molecule has 0 fully saturated rings. The monoisotopic (exact) mass is 373 g/mol. The Balaban J connectivity index is 1.78. The van der Waals surface area contributed by atoms with Gasteiger partial charge in [-0.3, -0.25) is 9.78 Å². The van der Waals surface area contributed by atoms with Gasteiger partial charge in [-0.1, -0.05) is 12.1 Å². The number of nitrogens with one attached hydrogen (secondary N) is 1. The molecule has 1 aromatic heterocycles. The summed E-state index contributed by atoms with van der Waals surface area (Å²) in [6.07, 6.45) is 6.11. The fourth-order valence-corrected chi connectivity index (χ4v) is 2.75. The van der Waals surface area contributed by atoms with Crippen molar-refractivity contribution in [1.82, 2.24) is 14.6 Å².